The van der Waals surface area contributed by atoms with E-state index in [1.54, 1.807) is 24.2 Å². The summed E-state index contributed by atoms with van der Waals surface area (Å²) in [6, 6.07) is 9.52. The first-order chi connectivity index (χ1) is 20.2. The first-order valence-corrected chi connectivity index (χ1v) is 13.8. The maximum Gasteiger partial charge on any atom is 0.233 e. The van der Waals surface area contributed by atoms with Gasteiger partial charge in [0, 0.05) is 41.9 Å². The second-order valence-electron chi connectivity index (χ2n) is 11.1. The van der Waals surface area contributed by atoms with Gasteiger partial charge in [-0.2, -0.15) is 9.61 Å². The number of piperidine rings is 1. The third-order valence-electron chi connectivity index (χ3n) is 8.19. The van der Waals surface area contributed by atoms with Gasteiger partial charge in [-0.15, -0.1) is 0 Å². The highest BCUT2D eigenvalue weighted by atomic mass is 16.7. The van der Waals surface area contributed by atoms with Gasteiger partial charge in [-0.3, -0.25) is 14.6 Å². The Balaban J connectivity index is 1.31. The van der Waals surface area contributed by atoms with Crippen LogP contribution >= 0.6 is 0 Å². The fraction of sp³-hybridized carbons (Fsp3) is 0.367. The van der Waals surface area contributed by atoms with Crippen LogP contribution in [0.5, 0.6) is 11.5 Å². The van der Waals surface area contributed by atoms with Crippen LogP contribution in [0.15, 0.2) is 42.7 Å². The normalized spacial score (nSPS) is 15.4. The first-order valence-electron chi connectivity index (χ1n) is 13.8. The number of aliphatic hydroxyl groups is 2. The van der Waals surface area contributed by atoms with Crippen molar-refractivity contribution in [3.05, 3.63) is 54.0 Å². The number of amides is 1. The molecule has 5 heterocycles. The van der Waals surface area contributed by atoms with Crippen molar-refractivity contribution in [2.75, 3.05) is 38.8 Å². The lowest BCUT2D eigenvalue weighted by Crippen LogP contribution is -2.49. The Bertz CT molecular complexity index is 1670. The van der Waals surface area contributed by atoms with Gasteiger partial charge in [-0.1, -0.05) is 6.07 Å². The number of aromatic nitrogens is 4. The van der Waals surface area contributed by atoms with Crippen LogP contribution in [0.2, 0.25) is 0 Å². The zero-order chi connectivity index (χ0) is 29.6. The molecule has 218 valence electrons. The van der Waals surface area contributed by atoms with Crippen molar-refractivity contribution < 1.29 is 29.3 Å². The topological polar surface area (TPSA) is 165 Å². The smallest absolute Gasteiger partial charge is 0.233 e. The Labute approximate surface area is 241 Å². The highest BCUT2D eigenvalue weighted by Crippen LogP contribution is 2.37. The van der Waals surface area contributed by atoms with Gasteiger partial charge in [-0.25, -0.2) is 4.98 Å². The maximum absolute atomic E-state index is 12.9. The van der Waals surface area contributed by atoms with Crippen molar-refractivity contribution in [2.24, 2.45) is 5.41 Å². The number of ketones is 1. The summed E-state index contributed by atoms with van der Waals surface area (Å²) < 4.78 is 12.4. The lowest BCUT2D eigenvalue weighted by atomic mass is 9.86. The minimum atomic E-state index is -1.24. The number of hydrogen-bond donors (Lipinski definition) is 3. The summed E-state index contributed by atoms with van der Waals surface area (Å²) in [7, 11) is 0. The molecule has 0 aliphatic carbocycles. The number of fused-ring (bicyclic) bond motifs is 2. The number of benzene rings is 1. The number of aliphatic hydroxyl groups excluding tert-OH is 2. The van der Waals surface area contributed by atoms with Crippen molar-refractivity contribution in [1.29, 1.82) is 0 Å². The monoisotopic (exact) mass is 572 g/mol. The van der Waals surface area contributed by atoms with Crippen molar-refractivity contribution >= 4 is 23.2 Å². The van der Waals surface area contributed by atoms with Crippen LogP contribution in [-0.2, 0) is 4.79 Å². The molecule has 0 bridgehead atoms. The predicted molar refractivity (Wildman–Crippen MR) is 153 cm³/mol. The zero-order valence-corrected chi connectivity index (χ0v) is 23.4. The SMILES string of the molecule is CC(=O)c1c(C2CCN(C(=O)C(C)(CO)CO)CC2)nc2c(-c3ccc(-c4ccc5c(c4)OCO5)nc3)cnn2c1N. The summed E-state index contributed by atoms with van der Waals surface area (Å²) >= 11 is 0. The Morgan fingerprint density at radius 1 is 1.05 bits per heavy atom. The Hall–Kier alpha value is -4.55. The number of hydrogen-bond acceptors (Lipinski definition) is 10. The van der Waals surface area contributed by atoms with E-state index in [0.717, 1.165) is 22.4 Å². The number of anilines is 1. The molecular formula is C30H32N6O6. The zero-order valence-electron chi connectivity index (χ0n) is 23.4. The molecule has 0 atom stereocenters. The Kier molecular flexibility index (Phi) is 7.03. The lowest BCUT2D eigenvalue weighted by Gasteiger charge is -2.37. The van der Waals surface area contributed by atoms with E-state index >= 15 is 0 Å². The molecule has 1 amide bonds. The van der Waals surface area contributed by atoms with Gasteiger partial charge >= 0.3 is 0 Å². The number of nitrogen functional groups attached to an aromatic ring is 1. The number of pyridine rings is 1. The highest BCUT2D eigenvalue weighted by molar-refractivity contribution is 6.00. The van der Waals surface area contributed by atoms with Crippen LogP contribution < -0.4 is 15.2 Å². The van der Waals surface area contributed by atoms with E-state index < -0.39 is 18.6 Å². The number of carbonyl (C=O) groups excluding carboxylic acids is 2. The fourth-order valence-electron chi connectivity index (χ4n) is 5.60. The van der Waals surface area contributed by atoms with Crippen LogP contribution in [0, 0.1) is 5.41 Å². The van der Waals surface area contributed by atoms with E-state index in [1.165, 1.54) is 11.4 Å². The van der Waals surface area contributed by atoms with Crippen LogP contribution in [0.1, 0.15) is 48.7 Å². The molecule has 2 aliphatic heterocycles. The highest BCUT2D eigenvalue weighted by Gasteiger charge is 2.38. The Morgan fingerprint density at radius 2 is 1.76 bits per heavy atom. The number of carbonyl (C=O) groups is 2. The van der Waals surface area contributed by atoms with Crippen molar-refractivity contribution in [3.8, 4) is 33.9 Å². The molecule has 1 fully saturated rings. The molecule has 0 spiro atoms. The van der Waals surface area contributed by atoms with E-state index in [4.69, 9.17) is 20.2 Å². The molecule has 12 nitrogen and oxygen atoms in total. The molecular weight excluding hydrogens is 540 g/mol. The molecule has 0 radical (unpaired) electrons. The standard InChI is InChI=1S/C30H32N6O6/c1-17(39)25-26(18-7-9-35(10-8-18)29(40)30(2,14-37)15-38)34-28-21(13-33-36(28)27(25)31)20-3-5-22(32-12-20)19-4-6-23-24(11-19)42-16-41-23/h3-6,11-13,18,37-38H,7-10,14-16,31H2,1-2H3. The van der Waals surface area contributed by atoms with Gasteiger partial charge < -0.3 is 30.3 Å². The number of ether oxygens (including phenoxy) is 2. The van der Waals surface area contributed by atoms with Crippen LogP contribution in [0.4, 0.5) is 5.82 Å². The summed E-state index contributed by atoms with van der Waals surface area (Å²) in [6.07, 6.45) is 4.51. The Morgan fingerprint density at radius 3 is 2.43 bits per heavy atom. The fourth-order valence-corrected chi connectivity index (χ4v) is 5.60. The molecule has 2 aliphatic rings. The number of nitrogens with zero attached hydrogens (tertiary/aromatic N) is 5. The number of rotatable bonds is 7. The van der Waals surface area contributed by atoms with E-state index in [-0.39, 0.29) is 30.2 Å². The third kappa shape index (κ3) is 4.62. The summed E-state index contributed by atoms with van der Waals surface area (Å²) in [6.45, 7) is 3.13. The molecule has 1 aromatic carbocycles. The van der Waals surface area contributed by atoms with E-state index in [2.05, 4.69) is 10.1 Å². The lowest BCUT2D eigenvalue weighted by molar-refractivity contribution is -0.147. The average molecular weight is 573 g/mol. The molecule has 4 aromatic rings. The van der Waals surface area contributed by atoms with Crippen LogP contribution in [-0.4, -0.2) is 79.5 Å². The van der Waals surface area contributed by atoms with E-state index in [0.29, 0.717) is 54.3 Å². The molecule has 6 rings (SSSR count). The van der Waals surface area contributed by atoms with E-state index in [1.807, 2.05) is 30.3 Å². The van der Waals surface area contributed by atoms with Gasteiger partial charge in [0.05, 0.1) is 41.8 Å². The number of likely N-dealkylation sites (tertiary alicyclic amines) is 1. The summed E-state index contributed by atoms with van der Waals surface area (Å²) in [5.41, 5.74) is 9.86. The minimum Gasteiger partial charge on any atom is -0.454 e. The van der Waals surface area contributed by atoms with Gasteiger partial charge in [0.2, 0.25) is 12.7 Å². The van der Waals surface area contributed by atoms with Gasteiger partial charge in [-0.05, 0) is 51.0 Å². The summed E-state index contributed by atoms with van der Waals surface area (Å²) in [5.74, 6) is 0.970. The molecule has 3 aromatic heterocycles. The second-order valence-corrected chi connectivity index (χ2v) is 11.1. The predicted octanol–water partition coefficient (Wildman–Crippen LogP) is 2.67. The minimum absolute atomic E-state index is 0.121. The second kappa shape index (κ2) is 10.7. The quantitative estimate of drug-likeness (QED) is 0.280. The van der Waals surface area contributed by atoms with Gasteiger partial charge in [0.15, 0.2) is 22.9 Å². The van der Waals surface area contributed by atoms with Crippen LogP contribution in [0.3, 0.4) is 0 Å². The summed E-state index contributed by atoms with van der Waals surface area (Å²) in [4.78, 5) is 37.0. The molecule has 0 saturated carbocycles. The summed E-state index contributed by atoms with van der Waals surface area (Å²) in [5, 5.41) is 23.8. The van der Waals surface area contributed by atoms with Crippen molar-refractivity contribution in [2.45, 2.75) is 32.6 Å². The largest absolute Gasteiger partial charge is 0.454 e. The maximum atomic E-state index is 12.9. The molecule has 1 saturated heterocycles. The van der Waals surface area contributed by atoms with Gasteiger partial charge in [0.25, 0.3) is 0 Å². The first kappa shape index (κ1) is 27.6. The van der Waals surface area contributed by atoms with Gasteiger partial charge in [0.1, 0.15) is 5.82 Å². The third-order valence-corrected chi connectivity index (χ3v) is 8.19. The van der Waals surface area contributed by atoms with E-state index in [9.17, 15) is 19.8 Å². The molecule has 42 heavy (non-hydrogen) atoms. The van der Waals surface area contributed by atoms with Crippen molar-refractivity contribution in [3.63, 3.8) is 0 Å². The molecule has 0 unspecified atom stereocenters. The molecule has 4 N–H and O–H groups in total. The van der Waals surface area contributed by atoms with Crippen molar-refractivity contribution in [1.82, 2.24) is 24.5 Å². The number of nitrogens with two attached hydrogens (primary N) is 1. The number of Topliss-reactive ketones (excluding diaryl/α,β-unsaturated/α-hetero) is 1. The van der Waals surface area contributed by atoms with Crippen LogP contribution in [0.25, 0.3) is 28.0 Å². The molecule has 12 heteroatoms. The average Bonchev–Trinajstić information content (AvgIpc) is 3.67.